The van der Waals surface area contributed by atoms with Crippen LogP contribution in [0.2, 0.25) is 0 Å². The van der Waals surface area contributed by atoms with Gasteiger partial charge in [-0.05, 0) is 53.0 Å². The topological polar surface area (TPSA) is 73.1 Å². The van der Waals surface area contributed by atoms with Crippen molar-refractivity contribution < 1.29 is 9.53 Å². The molecule has 0 aromatic carbocycles. The van der Waals surface area contributed by atoms with Crippen molar-refractivity contribution in [3.05, 3.63) is 29.2 Å². The summed E-state index contributed by atoms with van der Waals surface area (Å²) in [4.78, 5) is 23.6. The molecule has 0 N–H and O–H groups in total. The fourth-order valence-corrected chi connectivity index (χ4v) is 3.28. The molecule has 0 amide bonds. The number of hydrogen-bond acceptors (Lipinski definition) is 6. The van der Waals surface area contributed by atoms with Crippen LogP contribution < -0.4 is 4.90 Å². The molecular formula is C18H25N5O2. The predicted molar refractivity (Wildman–Crippen MR) is 95.2 cm³/mol. The first-order valence-electron chi connectivity index (χ1n) is 8.85. The molecule has 1 aliphatic heterocycles. The Morgan fingerprint density at radius 2 is 2.16 bits per heavy atom. The summed E-state index contributed by atoms with van der Waals surface area (Å²) >= 11 is 0. The van der Waals surface area contributed by atoms with E-state index in [1.807, 2.05) is 19.9 Å². The molecule has 2 aromatic heterocycles. The van der Waals surface area contributed by atoms with Crippen molar-refractivity contribution in [3.8, 4) is 5.95 Å². The van der Waals surface area contributed by atoms with Gasteiger partial charge in [0.05, 0.1) is 12.3 Å². The van der Waals surface area contributed by atoms with Crippen LogP contribution in [0.15, 0.2) is 12.3 Å². The van der Waals surface area contributed by atoms with E-state index in [1.54, 1.807) is 17.8 Å². The summed E-state index contributed by atoms with van der Waals surface area (Å²) in [5.41, 5.74) is 2.28. The molecule has 1 unspecified atom stereocenters. The van der Waals surface area contributed by atoms with Gasteiger partial charge in [-0.1, -0.05) is 0 Å². The molecule has 1 aliphatic rings. The lowest BCUT2D eigenvalue weighted by molar-refractivity contribution is 0.0526. The Morgan fingerprint density at radius 1 is 1.36 bits per heavy atom. The summed E-state index contributed by atoms with van der Waals surface area (Å²) in [5, 5.41) is 4.45. The van der Waals surface area contributed by atoms with Gasteiger partial charge in [-0.3, -0.25) is 0 Å². The minimum atomic E-state index is -0.379. The Bertz CT molecular complexity index is 771. The second-order valence-corrected chi connectivity index (χ2v) is 6.50. The van der Waals surface area contributed by atoms with Crippen molar-refractivity contribution in [1.29, 1.82) is 0 Å². The van der Waals surface area contributed by atoms with Gasteiger partial charge in [-0.2, -0.15) is 10.1 Å². The Hall–Kier alpha value is -2.44. The molecule has 2 aromatic rings. The smallest absolute Gasteiger partial charge is 0.343 e. The fourth-order valence-electron chi connectivity index (χ4n) is 3.28. The zero-order valence-corrected chi connectivity index (χ0v) is 15.3. The zero-order valence-electron chi connectivity index (χ0n) is 15.3. The van der Waals surface area contributed by atoms with Crippen molar-refractivity contribution in [2.24, 2.45) is 0 Å². The summed E-state index contributed by atoms with van der Waals surface area (Å²) in [7, 11) is 0. The highest BCUT2D eigenvalue weighted by Crippen LogP contribution is 2.27. The number of piperidine rings is 1. The summed E-state index contributed by atoms with van der Waals surface area (Å²) in [6.45, 7) is 9.06. The number of aryl methyl sites for hydroxylation is 2. The van der Waals surface area contributed by atoms with Crippen molar-refractivity contribution >= 4 is 11.8 Å². The molecule has 7 heteroatoms. The third-order valence-electron chi connectivity index (χ3n) is 4.53. The number of aromatic nitrogens is 4. The lowest BCUT2D eigenvalue weighted by Gasteiger charge is -2.35. The molecule has 134 valence electrons. The standard InChI is InChI=1S/C18H25N5O2/c1-5-25-17(24)15-11-19-18(23-14(4)10-12(2)21-23)20-16(15)22-9-7-6-8-13(22)3/h10-11,13H,5-9H2,1-4H3. The zero-order chi connectivity index (χ0) is 18.0. The molecule has 1 saturated heterocycles. The minimum absolute atomic E-state index is 0.324. The van der Waals surface area contributed by atoms with Gasteiger partial charge in [0.15, 0.2) is 0 Å². The van der Waals surface area contributed by atoms with E-state index in [9.17, 15) is 4.79 Å². The summed E-state index contributed by atoms with van der Waals surface area (Å²) in [6.07, 6.45) is 4.93. The van der Waals surface area contributed by atoms with Crippen LogP contribution in [0.3, 0.4) is 0 Å². The van der Waals surface area contributed by atoms with E-state index < -0.39 is 0 Å². The second-order valence-electron chi connectivity index (χ2n) is 6.50. The van der Waals surface area contributed by atoms with Gasteiger partial charge < -0.3 is 9.64 Å². The van der Waals surface area contributed by atoms with Crippen LogP contribution in [0.5, 0.6) is 0 Å². The van der Waals surface area contributed by atoms with Gasteiger partial charge in [-0.15, -0.1) is 0 Å². The quantitative estimate of drug-likeness (QED) is 0.795. The number of carbonyl (C=O) groups is 1. The van der Waals surface area contributed by atoms with E-state index in [1.165, 1.54) is 6.42 Å². The van der Waals surface area contributed by atoms with E-state index in [2.05, 4.69) is 21.9 Å². The van der Waals surface area contributed by atoms with E-state index >= 15 is 0 Å². The van der Waals surface area contributed by atoms with Gasteiger partial charge in [0, 0.05) is 24.5 Å². The van der Waals surface area contributed by atoms with Gasteiger partial charge in [-0.25, -0.2) is 14.5 Å². The Labute approximate surface area is 148 Å². The number of carbonyl (C=O) groups excluding carboxylic acids is 1. The monoisotopic (exact) mass is 343 g/mol. The van der Waals surface area contributed by atoms with E-state index in [0.717, 1.165) is 30.8 Å². The lowest BCUT2D eigenvalue weighted by atomic mass is 10.0. The van der Waals surface area contributed by atoms with Crippen LogP contribution in [-0.2, 0) is 4.74 Å². The number of rotatable bonds is 4. The molecule has 1 fully saturated rings. The molecule has 3 rings (SSSR count). The lowest BCUT2D eigenvalue weighted by Crippen LogP contribution is -2.39. The number of esters is 1. The predicted octanol–water partition coefficient (Wildman–Crippen LogP) is 2.83. The molecule has 0 aliphatic carbocycles. The molecule has 0 bridgehead atoms. The summed E-state index contributed by atoms with van der Waals surface area (Å²) in [5.74, 6) is 0.741. The highest BCUT2D eigenvalue weighted by Gasteiger charge is 2.26. The first-order chi connectivity index (χ1) is 12.0. The van der Waals surface area contributed by atoms with E-state index in [4.69, 9.17) is 9.72 Å². The largest absolute Gasteiger partial charge is 0.462 e. The molecule has 0 radical (unpaired) electrons. The highest BCUT2D eigenvalue weighted by atomic mass is 16.5. The number of nitrogens with zero attached hydrogens (tertiary/aromatic N) is 5. The highest BCUT2D eigenvalue weighted by molar-refractivity contribution is 5.94. The molecule has 0 saturated carbocycles. The molecule has 7 nitrogen and oxygen atoms in total. The average molecular weight is 343 g/mol. The third kappa shape index (κ3) is 3.50. The third-order valence-corrected chi connectivity index (χ3v) is 4.53. The number of ether oxygens (including phenoxy) is 1. The van der Waals surface area contributed by atoms with Gasteiger partial charge in [0.25, 0.3) is 5.95 Å². The Morgan fingerprint density at radius 3 is 2.80 bits per heavy atom. The minimum Gasteiger partial charge on any atom is -0.462 e. The second kappa shape index (κ2) is 7.21. The fraction of sp³-hybridized carbons (Fsp3) is 0.556. The normalized spacial score (nSPS) is 17.6. The first kappa shape index (κ1) is 17.4. The maximum absolute atomic E-state index is 12.4. The number of hydrogen-bond donors (Lipinski definition) is 0. The molecule has 3 heterocycles. The van der Waals surface area contributed by atoms with Crippen LogP contribution in [-0.4, -0.2) is 44.9 Å². The Kier molecular flexibility index (Phi) is 5.01. The van der Waals surface area contributed by atoms with Gasteiger partial charge in [0.2, 0.25) is 0 Å². The first-order valence-corrected chi connectivity index (χ1v) is 8.85. The van der Waals surface area contributed by atoms with Crippen molar-refractivity contribution in [1.82, 2.24) is 19.7 Å². The van der Waals surface area contributed by atoms with Crippen molar-refractivity contribution in [2.45, 2.75) is 53.0 Å². The molecule has 25 heavy (non-hydrogen) atoms. The van der Waals surface area contributed by atoms with Crippen molar-refractivity contribution in [3.63, 3.8) is 0 Å². The van der Waals surface area contributed by atoms with Crippen LogP contribution in [0.25, 0.3) is 5.95 Å². The van der Waals surface area contributed by atoms with Crippen LogP contribution >= 0.6 is 0 Å². The maximum Gasteiger partial charge on any atom is 0.343 e. The summed E-state index contributed by atoms with van der Waals surface area (Å²) < 4.78 is 6.91. The summed E-state index contributed by atoms with van der Waals surface area (Å²) in [6, 6.07) is 2.30. The van der Waals surface area contributed by atoms with E-state index in [-0.39, 0.29) is 5.97 Å². The van der Waals surface area contributed by atoms with Crippen LogP contribution in [0.1, 0.15) is 54.9 Å². The molecular weight excluding hydrogens is 318 g/mol. The van der Waals surface area contributed by atoms with Crippen LogP contribution in [0.4, 0.5) is 5.82 Å². The molecule has 0 spiro atoms. The molecule has 1 atom stereocenters. The maximum atomic E-state index is 12.4. The average Bonchev–Trinajstić information content (AvgIpc) is 2.93. The van der Waals surface area contributed by atoms with Crippen molar-refractivity contribution in [2.75, 3.05) is 18.1 Å². The number of anilines is 1. The SMILES string of the molecule is CCOC(=O)c1cnc(-n2nc(C)cc2C)nc1N1CCCCC1C. The van der Waals surface area contributed by atoms with Crippen LogP contribution in [0, 0.1) is 13.8 Å². The van der Waals surface area contributed by atoms with E-state index in [0.29, 0.717) is 30.0 Å². The van der Waals surface area contributed by atoms with Gasteiger partial charge in [0.1, 0.15) is 11.4 Å². The Balaban J connectivity index is 2.08. The van der Waals surface area contributed by atoms with Gasteiger partial charge >= 0.3 is 5.97 Å².